The third-order valence-corrected chi connectivity index (χ3v) is 7.83. The Morgan fingerprint density at radius 3 is 0.975 bits per heavy atom. The van der Waals surface area contributed by atoms with E-state index in [0.717, 1.165) is 11.1 Å². The van der Waals surface area contributed by atoms with Crippen LogP contribution in [0.15, 0.2) is 97.1 Å². The Balaban J connectivity index is 1.28. The van der Waals surface area contributed by atoms with Gasteiger partial charge in [0.15, 0.2) is 0 Å². The standard InChI is InChI=1S/C40H46/c1-3-5-7-9-11-13-33-17-25-37(26-18-33)39-29-21-35(22-30-39)15-16-36-23-31-40(32-24-36)38-27-19-34(20-28-38)14-12-10-8-6-4-2/h17-32H,3-14H2,1-2H3. The lowest BCUT2D eigenvalue weighted by molar-refractivity contribution is 0.632. The Hall–Kier alpha value is -3.56. The summed E-state index contributed by atoms with van der Waals surface area (Å²) in [6, 6.07) is 35.4. The molecule has 40 heavy (non-hydrogen) atoms. The molecule has 4 aromatic carbocycles. The minimum atomic E-state index is 1.04. The van der Waals surface area contributed by atoms with Crippen molar-refractivity contribution in [3.8, 4) is 34.1 Å². The molecule has 4 aromatic rings. The molecule has 0 aromatic heterocycles. The van der Waals surface area contributed by atoms with Crippen molar-refractivity contribution in [2.45, 2.75) is 90.9 Å². The van der Waals surface area contributed by atoms with Crippen molar-refractivity contribution in [2.75, 3.05) is 0 Å². The fourth-order valence-electron chi connectivity index (χ4n) is 5.23. The normalized spacial score (nSPS) is 10.8. The van der Waals surface area contributed by atoms with Crippen LogP contribution in [-0.4, -0.2) is 0 Å². The lowest BCUT2D eigenvalue weighted by atomic mass is 9.99. The summed E-state index contributed by atoms with van der Waals surface area (Å²) < 4.78 is 0. The van der Waals surface area contributed by atoms with Crippen LogP contribution in [0.3, 0.4) is 0 Å². The van der Waals surface area contributed by atoms with E-state index in [0.29, 0.717) is 0 Å². The Morgan fingerprint density at radius 2 is 0.650 bits per heavy atom. The van der Waals surface area contributed by atoms with Gasteiger partial charge in [0.2, 0.25) is 0 Å². The maximum atomic E-state index is 3.34. The predicted octanol–water partition coefficient (Wildman–Crippen LogP) is 11.4. The Kier molecular flexibility index (Phi) is 12.2. The summed E-state index contributed by atoms with van der Waals surface area (Å²) in [7, 11) is 0. The van der Waals surface area contributed by atoms with E-state index >= 15 is 0 Å². The number of unbranched alkanes of at least 4 members (excludes halogenated alkanes) is 8. The number of hydrogen-bond donors (Lipinski definition) is 0. The van der Waals surface area contributed by atoms with E-state index in [1.165, 1.54) is 110 Å². The van der Waals surface area contributed by atoms with Gasteiger partial charge in [0, 0.05) is 11.1 Å². The number of benzene rings is 4. The zero-order valence-corrected chi connectivity index (χ0v) is 24.7. The van der Waals surface area contributed by atoms with Crippen LogP contribution in [0.4, 0.5) is 0 Å². The van der Waals surface area contributed by atoms with Crippen molar-refractivity contribution >= 4 is 0 Å². The SMILES string of the molecule is CCCCCCCc1ccc(-c2ccc(C#Cc3ccc(-c4ccc(CCCCCCC)cc4)cc3)cc2)cc1. The van der Waals surface area contributed by atoms with E-state index in [2.05, 4.69) is 123 Å². The quantitative estimate of drug-likeness (QED) is 0.113. The molecule has 206 valence electrons. The van der Waals surface area contributed by atoms with Gasteiger partial charge in [-0.3, -0.25) is 0 Å². The van der Waals surface area contributed by atoms with E-state index in [1.807, 2.05) is 0 Å². The summed E-state index contributed by atoms with van der Waals surface area (Å²) >= 11 is 0. The van der Waals surface area contributed by atoms with E-state index in [9.17, 15) is 0 Å². The van der Waals surface area contributed by atoms with Crippen molar-refractivity contribution in [1.29, 1.82) is 0 Å². The first-order valence-corrected chi connectivity index (χ1v) is 15.7. The van der Waals surface area contributed by atoms with Crippen LogP contribution >= 0.6 is 0 Å². The fraction of sp³-hybridized carbons (Fsp3) is 0.350. The van der Waals surface area contributed by atoms with Gasteiger partial charge in [-0.15, -0.1) is 0 Å². The molecule has 0 amide bonds. The minimum Gasteiger partial charge on any atom is -0.0654 e. The zero-order chi connectivity index (χ0) is 27.8. The van der Waals surface area contributed by atoms with Gasteiger partial charge in [0.1, 0.15) is 0 Å². The van der Waals surface area contributed by atoms with Crippen molar-refractivity contribution in [1.82, 2.24) is 0 Å². The van der Waals surface area contributed by atoms with Crippen LogP contribution in [0.1, 0.15) is 100 Å². The highest BCUT2D eigenvalue weighted by atomic mass is 14.1. The molecule has 0 spiro atoms. The first-order valence-electron chi connectivity index (χ1n) is 15.7. The van der Waals surface area contributed by atoms with Crippen molar-refractivity contribution in [2.24, 2.45) is 0 Å². The van der Waals surface area contributed by atoms with Crippen molar-refractivity contribution in [3.63, 3.8) is 0 Å². The Labute approximate surface area is 243 Å². The van der Waals surface area contributed by atoms with Crippen molar-refractivity contribution < 1.29 is 0 Å². The molecule has 0 N–H and O–H groups in total. The molecule has 0 radical (unpaired) electrons. The molecule has 0 fully saturated rings. The average molecular weight is 527 g/mol. The molecule has 0 heterocycles. The van der Waals surface area contributed by atoms with E-state index < -0.39 is 0 Å². The van der Waals surface area contributed by atoms with Crippen LogP contribution in [0.5, 0.6) is 0 Å². The van der Waals surface area contributed by atoms with Gasteiger partial charge >= 0.3 is 0 Å². The highest BCUT2D eigenvalue weighted by Crippen LogP contribution is 2.23. The second-order valence-corrected chi connectivity index (χ2v) is 11.1. The minimum absolute atomic E-state index is 1.04. The van der Waals surface area contributed by atoms with Gasteiger partial charge in [0.05, 0.1) is 0 Å². The molecule has 0 aliphatic rings. The first-order chi connectivity index (χ1) is 19.7. The zero-order valence-electron chi connectivity index (χ0n) is 24.7. The monoisotopic (exact) mass is 526 g/mol. The highest BCUT2D eigenvalue weighted by Gasteiger charge is 2.01. The van der Waals surface area contributed by atoms with Crippen LogP contribution in [0, 0.1) is 11.8 Å². The summed E-state index contributed by atoms with van der Waals surface area (Å²) in [6.45, 7) is 4.54. The van der Waals surface area contributed by atoms with Crippen LogP contribution in [-0.2, 0) is 12.8 Å². The van der Waals surface area contributed by atoms with Gasteiger partial charge in [-0.1, -0.05) is 150 Å². The summed E-state index contributed by atoms with van der Waals surface area (Å²) in [5, 5.41) is 0. The maximum Gasteiger partial charge on any atom is 0.0249 e. The van der Waals surface area contributed by atoms with E-state index in [1.54, 1.807) is 0 Å². The molecule has 4 rings (SSSR count). The molecule has 0 unspecified atom stereocenters. The second kappa shape index (κ2) is 16.5. The number of hydrogen-bond acceptors (Lipinski definition) is 0. The molecule has 0 heteroatoms. The summed E-state index contributed by atoms with van der Waals surface area (Å²) in [5.74, 6) is 6.67. The topological polar surface area (TPSA) is 0 Å². The lowest BCUT2D eigenvalue weighted by Crippen LogP contribution is -1.87. The Bertz CT molecular complexity index is 1210. The molecule has 0 aliphatic heterocycles. The van der Waals surface area contributed by atoms with Gasteiger partial charge in [0.25, 0.3) is 0 Å². The largest absolute Gasteiger partial charge is 0.0654 e. The third-order valence-electron chi connectivity index (χ3n) is 7.83. The lowest BCUT2D eigenvalue weighted by Gasteiger charge is -2.06. The average Bonchev–Trinajstić information content (AvgIpc) is 3.01. The molecule has 0 aliphatic carbocycles. The van der Waals surface area contributed by atoms with Gasteiger partial charge < -0.3 is 0 Å². The highest BCUT2D eigenvalue weighted by molar-refractivity contribution is 5.66. The molecule has 0 saturated carbocycles. The predicted molar refractivity (Wildman–Crippen MR) is 175 cm³/mol. The molecule has 0 bridgehead atoms. The number of aryl methyl sites for hydroxylation is 2. The van der Waals surface area contributed by atoms with Crippen LogP contribution < -0.4 is 0 Å². The van der Waals surface area contributed by atoms with Gasteiger partial charge in [-0.05, 0) is 83.3 Å². The summed E-state index contributed by atoms with van der Waals surface area (Å²) in [5.41, 5.74) is 10.00. The third kappa shape index (κ3) is 9.57. The summed E-state index contributed by atoms with van der Waals surface area (Å²) in [6.07, 6.45) is 15.7. The molecule has 0 atom stereocenters. The first kappa shape index (κ1) is 29.4. The smallest absolute Gasteiger partial charge is 0.0249 e. The molecule has 0 nitrogen and oxygen atoms in total. The van der Waals surface area contributed by atoms with E-state index in [-0.39, 0.29) is 0 Å². The Morgan fingerprint density at radius 1 is 0.350 bits per heavy atom. The van der Waals surface area contributed by atoms with Gasteiger partial charge in [-0.2, -0.15) is 0 Å². The maximum absolute atomic E-state index is 3.34. The van der Waals surface area contributed by atoms with E-state index in [4.69, 9.17) is 0 Å². The summed E-state index contributed by atoms with van der Waals surface area (Å²) in [4.78, 5) is 0. The van der Waals surface area contributed by atoms with Crippen LogP contribution in [0.2, 0.25) is 0 Å². The van der Waals surface area contributed by atoms with Gasteiger partial charge in [-0.25, -0.2) is 0 Å². The van der Waals surface area contributed by atoms with Crippen LogP contribution in [0.25, 0.3) is 22.3 Å². The fourth-order valence-corrected chi connectivity index (χ4v) is 5.23. The number of rotatable bonds is 14. The second-order valence-electron chi connectivity index (χ2n) is 11.1. The molecular weight excluding hydrogens is 480 g/mol. The molecule has 0 saturated heterocycles. The molecular formula is C40H46. The van der Waals surface area contributed by atoms with Crippen molar-refractivity contribution in [3.05, 3.63) is 119 Å².